The number of alkyl halides is 3. The van der Waals surface area contributed by atoms with E-state index in [1.54, 1.807) is 6.20 Å². The lowest BCUT2D eigenvalue weighted by atomic mass is 10.2. The van der Waals surface area contributed by atoms with Crippen LogP contribution in [0.15, 0.2) is 12.5 Å². The molecule has 0 aliphatic carbocycles. The molecule has 1 heterocycles. The van der Waals surface area contributed by atoms with Crippen LogP contribution in [-0.2, 0) is 13.1 Å². The first kappa shape index (κ1) is 14.0. The number of halogens is 3. The summed E-state index contributed by atoms with van der Waals surface area (Å²) in [6.45, 7) is 5.58. The molecule has 1 aromatic rings. The van der Waals surface area contributed by atoms with Gasteiger partial charge in [-0.2, -0.15) is 13.2 Å². The molecule has 0 atom stereocenters. The van der Waals surface area contributed by atoms with Gasteiger partial charge in [0.1, 0.15) is 0 Å². The standard InChI is InChI=1S/C11H18F3N3/c1-9(2)5-15-6-10-7-17(8-16-10)4-3-11(12,13)14/h7-9,15H,3-6H2,1-2H3. The van der Waals surface area contributed by atoms with Gasteiger partial charge in [-0.3, -0.25) is 0 Å². The largest absolute Gasteiger partial charge is 0.390 e. The van der Waals surface area contributed by atoms with E-state index in [0.29, 0.717) is 12.5 Å². The predicted octanol–water partition coefficient (Wildman–Crippen LogP) is 2.58. The Morgan fingerprint density at radius 1 is 1.41 bits per heavy atom. The molecule has 0 bridgehead atoms. The van der Waals surface area contributed by atoms with E-state index in [1.165, 1.54) is 10.9 Å². The monoisotopic (exact) mass is 249 g/mol. The van der Waals surface area contributed by atoms with Crippen molar-refractivity contribution in [2.24, 2.45) is 5.92 Å². The summed E-state index contributed by atoms with van der Waals surface area (Å²) >= 11 is 0. The number of hydrogen-bond donors (Lipinski definition) is 1. The van der Waals surface area contributed by atoms with Crippen molar-refractivity contribution in [2.45, 2.75) is 39.5 Å². The molecule has 17 heavy (non-hydrogen) atoms. The summed E-state index contributed by atoms with van der Waals surface area (Å²) in [5.41, 5.74) is 0.771. The Morgan fingerprint density at radius 3 is 2.71 bits per heavy atom. The Bertz CT molecular complexity index is 331. The van der Waals surface area contributed by atoms with Gasteiger partial charge in [0, 0.05) is 19.3 Å². The van der Waals surface area contributed by atoms with Gasteiger partial charge in [-0.15, -0.1) is 0 Å². The van der Waals surface area contributed by atoms with Crippen molar-refractivity contribution in [3.05, 3.63) is 18.2 Å². The van der Waals surface area contributed by atoms with Crippen molar-refractivity contribution < 1.29 is 13.2 Å². The second-order valence-corrected chi connectivity index (χ2v) is 4.49. The Labute approximate surface area is 99.0 Å². The minimum Gasteiger partial charge on any atom is -0.337 e. The van der Waals surface area contributed by atoms with Crippen molar-refractivity contribution in [3.8, 4) is 0 Å². The number of nitrogens with one attached hydrogen (secondary N) is 1. The summed E-state index contributed by atoms with van der Waals surface area (Å²) in [6.07, 6.45) is -1.83. The van der Waals surface area contributed by atoms with Gasteiger partial charge in [0.25, 0.3) is 0 Å². The molecule has 0 amide bonds. The molecule has 0 aliphatic heterocycles. The third kappa shape index (κ3) is 6.31. The van der Waals surface area contributed by atoms with Gasteiger partial charge in [0.2, 0.25) is 0 Å². The molecular formula is C11H18F3N3. The topological polar surface area (TPSA) is 29.9 Å². The fraction of sp³-hybridized carbons (Fsp3) is 0.727. The molecule has 0 saturated heterocycles. The van der Waals surface area contributed by atoms with Crippen molar-refractivity contribution in [2.75, 3.05) is 6.54 Å². The van der Waals surface area contributed by atoms with Crippen LogP contribution >= 0.6 is 0 Å². The molecule has 1 N–H and O–H groups in total. The number of imidazole rings is 1. The summed E-state index contributed by atoms with van der Waals surface area (Å²) in [7, 11) is 0. The van der Waals surface area contributed by atoms with Crippen LogP contribution in [0.1, 0.15) is 26.0 Å². The molecule has 0 fully saturated rings. The van der Waals surface area contributed by atoms with Gasteiger partial charge in [-0.1, -0.05) is 13.8 Å². The van der Waals surface area contributed by atoms with E-state index < -0.39 is 12.6 Å². The number of hydrogen-bond acceptors (Lipinski definition) is 2. The van der Waals surface area contributed by atoms with Gasteiger partial charge in [0.15, 0.2) is 0 Å². The van der Waals surface area contributed by atoms with Gasteiger partial charge in [-0.05, 0) is 12.5 Å². The minimum atomic E-state index is -4.11. The third-order valence-electron chi connectivity index (χ3n) is 2.20. The fourth-order valence-electron chi connectivity index (χ4n) is 1.36. The summed E-state index contributed by atoms with van der Waals surface area (Å²) in [5, 5.41) is 3.19. The van der Waals surface area contributed by atoms with E-state index in [4.69, 9.17) is 0 Å². The maximum atomic E-state index is 12.0. The fourth-order valence-corrected chi connectivity index (χ4v) is 1.36. The van der Waals surface area contributed by atoms with Crippen molar-refractivity contribution in [3.63, 3.8) is 0 Å². The lowest BCUT2D eigenvalue weighted by Crippen LogP contribution is -2.19. The van der Waals surface area contributed by atoms with Gasteiger partial charge in [-0.25, -0.2) is 4.98 Å². The van der Waals surface area contributed by atoms with Gasteiger partial charge >= 0.3 is 6.18 Å². The number of nitrogens with zero attached hydrogens (tertiary/aromatic N) is 2. The van der Waals surface area contributed by atoms with Crippen LogP contribution in [-0.4, -0.2) is 22.3 Å². The zero-order valence-electron chi connectivity index (χ0n) is 10.1. The summed E-state index contributed by atoms with van der Waals surface area (Å²) in [5.74, 6) is 0.544. The van der Waals surface area contributed by atoms with Crippen LogP contribution < -0.4 is 5.32 Å². The van der Waals surface area contributed by atoms with Crippen LogP contribution in [0.3, 0.4) is 0 Å². The molecule has 0 saturated carbocycles. The molecule has 0 radical (unpaired) electrons. The average molecular weight is 249 g/mol. The zero-order valence-corrected chi connectivity index (χ0v) is 10.1. The molecule has 1 rings (SSSR count). The maximum absolute atomic E-state index is 12.0. The van der Waals surface area contributed by atoms with Crippen LogP contribution in [0.4, 0.5) is 13.2 Å². The van der Waals surface area contributed by atoms with Gasteiger partial charge < -0.3 is 9.88 Å². The SMILES string of the molecule is CC(C)CNCc1cn(CCC(F)(F)F)cn1. The van der Waals surface area contributed by atoms with E-state index in [9.17, 15) is 13.2 Å². The highest BCUT2D eigenvalue weighted by molar-refractivity contribution is 4.96. The summed E-state index contributed by atoms with van der Waals surface area (Å²) in [4.78, 5) is 4.05. The summed E-state index contributed by atoms with van der Waals surface area (Å²) in [6, 6.07) is 0. The summed E-state index contributed by atoms with van der Waals surface area (Å²) < 4.78 is 37.5. The molecule has 0 aromatic carbocycles. The molecule has 3 nitrogen and oxygen atoms in total. The first-order valence-electron chi connectivity index (χ1n) is 5.65. The molecule has 0 aliphatic rings. The third-order valence-corrected chi connectivity index (χ3v) is 2.20. The Morgan fingerprint density at radius 2 is 2.12 bits per heavy atom. The second-order valence-electron chi connectivity index (χ2n) is 4.49. The van der Waals surface area contributed by atoms with E-state index in [2.05, 4.69) is 24.1 Å². The highest BCUT2D eigenvalue weighted by Crippen LogP contribution is 2.20. The highest BCUT2D eigenvalue weighted by Gasteiger charge is 2.26. The van der Waals surface area contributed by atoms with E-state index in [1.807, 2.05) is 0 Å². The Kier molecular flexibility index (Phi) is 4.99. The Hall–Kier alpha value is -1.04. The number of aryl methyl sites for hydroxylation is 1. The van der Waals surface area contributed by atoms with Crippen molar-refractivity contribution in [1.29, 1.82) is 0 Å². The number of aromatic nitrogens is 2. The Balaban J connectivity index is 2.32. The molecular weight excluding hydrogens is 231 g/mol. The first-order chi connectivity index (χ1) is 7.87. The van der Waals surface area contributed by atoms with E-state index >= 15 is 0 Å². The lowest BCUT2D eigenvalue weighted by molar-refractivity contribution is -0.136. The highest BCUT2D eigenvalue weighted by atomic mass is 19.4. The van der Waals surface area contributed by atoms with Crippen LogP contribution in [0.2, 0.25) is 0 Å². The van der Waals surface area contributed by atoms with E-state index in [0.717, 1.165) is 12.2 Å². The normalized spacial score (nSPS) is 12.4. The van der Waals surface area contributed by atoms with Gasteiger partial charge in [0.05, 0.1) is 18.4 Å². The maximum Gasteiger partial charge on any atom is 0.390 e. The van der Waals surface area contributed by atoms with Crippen LogP contribution in [0.25, 0.3) is 0 Å². The first-order valence-corrected chi connectivity index (χ1v) is 5.65. The lowest BCUT2D eigenvalue weighted by Gasteiger charge is -2.06. The van der Waals surface area contributed by atoms with Crippen LogP contribution in [0.5, 0.6) is 0 Å². The molecule has 6 heteroatoms. The van der Waals surface area contributed by atoms with E-state index in [-0.39, 0.29) is 6.54 Å². The molecule has 0 unspecified atom stereocenters. The van der Waals surface area contributed by atoms with Crippen molar-refractivity contribution >= 4 is 0 Å². The second kappa shape index (κ2) is 6.05. The molecule has 1 aromatic heterocycles. The van der Waals surface area contributed by atoms with Crippen molar-refractivity contribution in [1.82, 2.24) is 14.9 Å². The zero-order chi connectivity index (χ0) is 12.9. The quantitative estimate of drug-likeness (QED) is 0.839. The average Bonchev–Trinajstić information content (AvgIpc) is 2.61. The number of rotatable bonds is 6. The predicted molar refractivity (Wildman–Crippen MR) is 59.4 cm³/mol. The minimum absolute atomic E-state index is 0.0688. The molecule has 0 spiro atoms. The smallest absolute Gasteiger partial charge is 0.337 e. The van der Waals surface area contributed by atoms with Crippen LogP contribution in [0, 0.1) is 5.92 Å². The molecule has 98 valence electrons.